The van der Waals surface area contributed by atoms with E-state index in [0.717, 1.165) is 32.5 Å². The molecule has 3 aliphatic rings. The van der Waals surface area contributed by atoms with E-state index in [1.165, 1.54) is 0 Å². The van der Waals surface area contributed by atoms with E-state index in [-0.39, 0.29) is 17.9 Å². The first-order valence-corrected chi connectivity index (χ1v) is 5.83. The topological polar surface area (TPSA) is 58.6 Å². The first-order chi connectivity index (χ1) is 7.27. The quantitative estimate of drug-likeness (QED) is 0.686. The Morgan fingerprint density at radius 2 is 2.00 bits per heavy atom. The van der Waals surface area contributed by atoms with Gasteiger partial charge in [0.1, 0.15) is 6.10 Å². The second-order valence-corrected chi connectivity index (χ2v) is 5.04. The molecule has 0 bridgehead atoms. The first-order valence-electron chi connectivity index (χ1n) is 5.83. The van der Waals surface area contributed by atoms with Crippen molar-refractivity contribution in [1.82, 2.24) is 5.32 Å². The standard InChI is InChI=1S/C11H17NO3/c13-10(6-2-1-3-6)11(14)12-9-7-4-15-5-8(7)9/h6-10,13H,1-5H2,(H,12,14)/t7-,8+,9?,10?. The summed E-state index contributed by atoms with van der Waals surface area (Å²) in [6.45, 7) is 1.55. The Hall–Kier alpha value is -0.610. The van der Waals surface area contributed by atoms with Crippen LogP contribution in [0.3, 0.4) is 0 Å². The van der Waals surface area contributed by atoms with E-state index in [1.807, 2.05) is 0 Å². The molecule has 0 aromatic carbocycles. The van der Waals surface area contributed by atoms with Crippen LogP contribution >= 0.6 is 0 Å². The molecule has 0 spiro atoms. The van der Waals surface area contributed by atoms with Crippen LogP contribution < -0.4 is 5.32 Å². The lowest BCUT2D eigenvalue weighted by atomic mass is 9.81. The smallest absolute Gasteiger partial charge is 0.249 e. The molecule has 2 aliphatic carbocycles. The van der Waals surface area contributed by atoms with Gasteiger partial charge in [-0.1, -0.05) is 6.42 Å². The van der Waals surface area contributed by atoms with Crippen LogP contribution in [0.15, 0.2) is 0 Å². The minimum atomic E-state index is -0.777. The van der Waals surface area contributed by atoms with Gasteiger partial charge in [-0.25, -0.2) is 0 Å². The molecule has 3 rings (SSSR count). The number of nitrogens with one attached hydrogen (secondary N) is 1. The van der Waals surface area contributed by atoms with E-state index in [1.54, 1.807) is 0 Å². The number of carbonyl (C=O) groups excluding carboxylic acids is 1. The summed E-state index contributed by atoms with van der Waals surface area (Å²) in [7, 11) is 0. The van der Waals surface area contributed by atoms with Gasteiger partial charge in [-0.2, -0.15) is 0 Å². The highest BCUT2D eigenvalue weighted by molar-refractivity contribution is 5.81. The molecule has 3 fully saturated rings. The van der Waals surface area contributed by atoms with Crippen molar-refractivity contribution in [1.29, 1.82) is 0 Å². The monoisotopic (exact) mass is 211 g/mol. The van der Waals surface area contributed by atoms with Gasteiger partial charge >= 0.3 is 0 Å². The number of carbonyl (C=O) groups is 1. The number of hydrogen-bond donors (Lipinski definition) is 2. The van der Waals surface area contributed by atoms with Crippen molar-refractivity contribution in [2.24, 2.45) is 17.8 Å². The molecule has 2 saturated carbocycles. The van der Waals surface area contributed by atoms with E-state index in [4.69, 9.17) is 4.74 Å². The van der Waals surface area contributed by atoms with E-state index >= 15 is 0 Å². The number of amides is 1. The molecule has 2 N–H and O–H groups in total. The second-order valence-electron chi connectivity index (χ2n) is 5.04. The summed E-state index contributed by atoms with van der Waals surface area (Å²) in [6, 6.07) is 0.279. The Bertz CT molecular complexity index is 267. The van der Waals surface area contributed by atoms with Crippen molar-refractivity contribution >= 4 is 5.91 Å². The zero-order chi connectivity index (χ0) is 10.4. The summed E-state index contributed by atoms with van der Waals surface area (Å²) >= 11 is 0. The molecule has 0 radical (unpaired) electrons. The Labute approximate surface area is 89.0 Å². The molecule has 1 aliphatic heterocycles. The summed E-state index contributed by atoms with van der Waals surface area (Å²) in [4.78, 5) is 11.7. The number of fused-ring (bicyclic) bond motifs is 1. The maximum atomic E-state index is 11.7. The summed E-state index contributed by atoms with van der Waals surface area (Å²) < 4.78 is 5.24. The third-order valence-corrected chi connectivity index (χ3v) is 4.13. The van der Waals surface area contributed by atoms with Crippen molar-refractivity contribution in [3.05, 3.63) is 0 Å². The van der Waals surface area contributed by atoms with Crippen molar-refractivity contribution in [2.45, 2.75) is 31.4 Å². The van der Waals surface area contributed by atoms with Gasteiger partial charge in [0.25, 0.3) is 0 Å². The van der Waals surface area contributed by atoms with Crippen LogP contribution in [-0.4, -0.2) is 36.4 Å². The lowest BCUT2D eigenvalue weighted by Crippen LogP contribution is -2.43. The van der Waals surface area contributed by atoms with Crippen LogP contribution in [-0.2, 0) is 9.53 Å². The number of hydrogen-bond acceptors (Lipinski definition) is 3. The number of ether oxygens (including phenoxy) is 1. The third kappa shape index (κ3) is 1.56. The van der Waals surface area contributed by atoms with E-state index < -0.39 is 6.10 Å². The number of rotatable bonds is 3. The highest BCUT2D eigenvalue weighted by Gasteiger charge is 2.55. The predicted molar refractivity (Wildman–Crippen MR) is 53.1 cm³/mol. The van der Waals surface area contributed by atoms with Crippen molar-refractivity contribution in [2.75, 3.05) is 13.2 Å². The largest absolute Gasteiger partial charge is 0.383 e. The van der Waals surface area contributed by atoms with Gasteiger partial charge in [0.15, 0.2) is 0 Å². The fourth-order valence-corrected chi connectivity index (χ4v) is 2.67. The van der Waals surface area contributed by atoms with Gasteiger partial charge in [0.05, 0.1) is 13.2 Å². The minimum Gasteiger partial charge on any atom is -0.383 e. The van der Waals surface area contributed by atoms with Crippen LogP contribution in [0.25, 0.3) is 0 Å². The van der Waals surface area contributed by atoms with Gasteiger partial charge in [0, 0.05) is 17.9 Å². The van der Waals surface area contributed by atoms with Gasteiger partial charge in [-0.15, -0.1) is 0 Å². The SMILES string of the molecule is O=C(NC1[C@H]2COC[C@@H]12)C(O)C1CCC1. The first kappa shape index (κ1) is 9.60. The zero-order valence-corrected chi connectivity index (χ0v) is 8.69. The van der Waals surface area contributed by atoms with Gasteiger partial charge in [0.2, 0.25) is 5.91 Å². The predicted octanol–water partition coefficient (Wildman–Crippen LogP) is -0.0916. The summed E-state index contributed by atoms with van der Waals surface area (Å²) in [5.41, 5.74) is 0. The van der Waals surface area contributed by atoms with Crippen LogP contribution in [0, 0.1) is 17.8 Å². The average molecular weight is 211 g/mol. The molecule has 1 amide bonds. The van der Waals surface area contributed by atoms with E-state index in [2.05, 4.69) is 5.32 Å². The molecule has 0 aromatic heterocycles. The van der Waals surface area contributed by atoms with Crippen LogP contribution in [0.4, 0.5) is 0 Å². The summed E-state index contributed by atoms with van der Waals surface area (Å²) in [5.74, 6) is 1.07. The van der Waals surface area contributed by atoms with E-state index in [0.29, 0.717) is 11.8 Å². The summed E-state index contributed by atoms with van der Waals surface area (Å²) in [6.07, 6.45) is 2.36. The molecule has 4 nitrogen and oxygen atoms in total. The lowest BCUT2D eigenvalue weighted by molar-refractivity contribution is -0.134. The molecule has 84 valence electrons. The summed E-state index contributed by atoms with van der Waals surface area (Å²) in [5, 5.41) is 12.7. The maximum absolute atomic E-state index is 11.7. The fraction of sp³-hybridized carbons (Fsp3) is 0.909. The molecule has 4 atom stereocenters. The normalized spacial score (nSPS) is 40.5. The highest BCUT2D eigenvalue weighted by atomic mass is 16.5. The van der Waals surface area contributed by atoms with Crippen molar-refractivity contribution in [3.63, 3.8) is 0 Å². The molecule has 4 heteroatoms. The van der Waals surface area contributed by atoms with Crippen molar-refractivity contribution in [3.8, 4) is 0 Å². The molecule has 1 saturated heterocycles. The van der Waals surface area contributed by atoms with Crippen LogP contribution in [0.1, 0.15) is 19.3 Å². The molecule has 15 heavy (non-hydrogen) atoms. The highest BCUT2D eigenvalue weighted by Crippen LogP contribution is 2.44. The van der Waals surface area contributed by atoms with Gasteiger partial charge in [-0.3, -0.25) is 4.79 Å². The number of aliphatic hydroxyl groups is 1. The molecule has 0 aromatic rings. The Morgan fingerprint density at radius 1 is 1.33 bits per heavy atom. The zero-order valence-electron chi connectivity index (χ0n) is 8.69. The average Bonchev–Trinajstić information content (AvgIpc) is 2.61. The molecule has 1 heterocycles. The Kier molecular flexibility index (Phi) is 2.21. The van der Waals surface area contributed by atoms with E-state index in [9.17, 15) is 9.90 Å². The molecular weight excluding hydrogens is 194 g/mol. The second kappa shape index (κ2) is 3.46. The van der Waals surface area contributed by atoms with Crippen molar-refractivity contribution < 1.29 is 14.6 Å². The number of aliphatic hydroxyl groups excluding tert-OH is 1. The van der Waals surface area contributed by atoms with Crippen LogP contribution in [0.5, 0.6) is 0 Å². The van der Waals surface area contributed by atoms with Crippen LogP contribution in [0.2, 0.25) is 0 Å². The Balaban J connectivity index is 1.49. The Morgan fingerprint density at radius 3 is 2.53 bits per heavy atom. The maximum Gasteiger partial charge on any atom is 0.249 e. The third-order valence-electron chi connectivity index (χ3n) is 4.13. The van der Waals surface area contributed by atoms with Gasteiger partial charge in [-0.05, 0) is 18.8 Å². The lowest BCUT2D eigenvalue weighted by Gasteiger charge is -2.29. The minimum absolute atomic E-state index is 0.167. The molecule has 2 unspecified atom stereocenters. The fourth-order valence-electron chi connectivity index (χ4n) is 2.67. The molecular formula is C11H17NO3. The van der Waals surface area contributed by atoms with Gasteiger partial charge < -0.3 is 15.2 Å².